The third-order valence-corrected chi connectivity index (χ3v) is 5.22. The summed E-state index contributed by atoms with van der Waals surface area (Å²) in [5.41, 5.74) is 1.95. The second-order valence-corrected chi connectivity index (χ2v) is 7.15. The van der Waals surface area contributed by atoms with E-state index in [2.05, 4.69) is 5.32 Å². The number of hydrogen-bond acceptors (Lipinski definition) is 4. The molecule has 1 atom stereocenters. The first-order valence-corrected chi connectivity index (χ1v) is 9.60. The number of halogens is 1. The van der Waals surface area contributed by atoms with Gasteiger partial charge >= 0.3 is 5.63 Å². The van der Waals surface area contributed by atoms with Crippen LogP contribution in [-0.4, -0.2) is 17.7 Å². The Morgan fingerprint density at radius 3 is 2.71 bits per heavy atom. The van der Waals surface area contributed by atoms with Crippen molar-refractivity contribution < 1.29 is 9.21 Å². The van der Waals surface area contributed by atoms with Gasteiger partial charge in [0.15, 0.2) is 0 Å². The van der Waals surface area contributed by atoms with E-state index in [1.54, 1.807) is 0 Å². The van der Waals surface area contributed by atoms with Crippen LogP contribution in [0.25, 0.3) is 11.0 Å². The Kier molecular flexibility index (Phi) is 6.75. The summed E-state index contributed by atoms with van der Waals surface area (Å²) >= 11 is 7.75. The number of carbonyl (C=O) groups is 1. The maximum absolute atomic E-state index is 11.8. The van der Waals surface area contributed by atoms with Gasteiger partial charge in [-0.15, -0.1) is 11.8 Å². The Labute approximate surface area is 151 Å². The van der Waals surface area contributed by atoms with Crippen molar-refractivity contribution in [3.63, 3.8) is 0 Å². The lowest BCUT2D eigenvalue weighted by atomic mass is 10.1. The van der Waals surface area contributed by atoms with Gasteiger partial charge in [0.05, 0.1) is 5.75 Å². The van der Waals surface area contributed by atoms with Crippen LogP contribution in [0.15, 0.2) is 27.4 Å². The summed E-state index contributed by atoms with van der Waals surface area (Å²) in [7, 11) is 0. The highest BCUT2D eigenvalue weighted by Crippen LogP contribution is 2.28. The van der Waals surface area contributed by atoms with Gasteiger partial charge in [-0.3, -0.25) is 4.79 Å². The Hall–Kier alpha value is -1.46. The van der Waals surface area contributed by atoms with E-state index >= 15 is 0 Å². The van der Waals surface area contributed by atoms with Crippen molar-refractivity contribution in [3.05, 3.63) is 44.8 Å². The molecule has 130 valence electrons. The zero-order chi connectivity index (χ0) is 17.7. The third kappa shape index (κ3) is 4.77. The van der Waals surface area contributed by atoms with Crippen LogP contribution >= 0.6 is 23.4 Å². The Balaban J connectivity index is 2.15. The van der Waals surface area contributed by atoms with Gasteiger partial charge in [0.1, 0.15) is 5.58 Å². The van der Waals surface area contributed by atoms with Crippen molar-refractivity contribution in [2.75, 3.05) is 5.75 Å². The molecule has 0 aliphatic heterocycles. The maximum Gasteiger partial charge on any atom is 0.336 e. The summed E-state index contributed by atoms with van der Waals surface area (Å²) in [5, 5.41) is 4.42. The van der Waals surface area contributed by atoms with Gasteiger partial charge in [0, 0.05) is 28.3 Å². The molecule has 24 heavy (non-hydrogen) atoms. The third-order valence-electron chi connectivity index (χ3n) is 3.89. The summed E-state index contributed by atoms with van der Waals surface area (Å²) < 4.78 is 5.29. The average Bonchev–Trinajstić information content (AvgIpc) is 2.54. The number of aryl methyl sites for hydroxylation is 1. The molecule has 2 aromatic rings. The van der Waals surface area contributed by atoms with Gasteiger partial charge < -0.3 is 9.73 Å². The van der Waals surface area contributed by atoms with E-state index in [4.69, 9.17) is 16.0 Å². The smallest absolute Gasteiger partial charge is 0.336 e. The minimum absolute atomic E-state index is 0.00734. The molecule has 1 aromatic heterocycles. The number of fused-ring (bicyclic) bond motifs is 1. The van der Waals surface area contributed by atoms with Crippen LogP contribution in [0.1, 0.15) is 38.3 Å². The second-order valence-electron chi connectivity index (χ2n) is 5.75. The highest BCUT2D eigenvalue weighted by molar-refractivity contribution is 7.99. The number of amides is 1. The molecule has 0 spiro atoms. The first-order chi connectivity index (χ1) is 11.4. The summed E-state index contributed by atoms with van der Waals surface area (Å²) in [6.45, 7) is 6.01. The zero-order valence-corrected chi connectivity index (χ0v) is 15.7. The van der Waals surface area contributed by atoms with Crippen molar-refractivity contribution in [3.8, 4) is 0 Å². The molecule has 0 radical (unpaired) electrons. The summed E-state index contributed by atoms with van der Waals surface area (Å²) in [5.74, 6) is 0.915. The number of carbonyl (C=O) groups excluding carboxylic acids is 1. The number of benzene rings is 1. The van der Waals surface area contributed by atoms with Gasteiger partial charge in [0.25, 0.3) is 0 Å². The van der Waals surface area contributed by atoms with Crippen molar-refractivity contribution in [1.82, 2.24) is 5.32 Å². The molecule has 1 N–H and O–H groups in total. The van der Waals surface area contributed by atoms with Crippen LogP contribution in [0.5, 0.6) is 0 Å². The van der Waals surface area contributed by atoms with E-state index in [9.17, 15) is 9.59 Å². The predicted octanol–water partition coefficient (Wildman–Crippen LogP) is 4.16. The van der Waals surface area contributed by atoms with Crippen molar-refractivity contribution in [2.24, 2.45) is 0 Å². The van der Waals surface area contributed by atoms with Gasteiger partial charge in [-0.2, -0.15) is 0 Å². The molecule has 0 aliphatic carbocycles. The highest BCUT2D eigenvalue weighted by atomic mass is 35.5. The molecule has 0 bridgehead atoms. The summed E-state index contributed by atoms with van der Waals surface area (Å²) in [4.78, 5) is 23.6. The topological polar surface area (TPSA) is 59.3 Å². The fourth-order valence-corrected chi connectivity index (χ4v) is 3.48. The molecular formula is C18H22ClNO3S. The van der Waals surface area contributed by atoms with Crippen LogP contribution in [0.3, 0.4) is 0 Å². The van der Waals surface area contributed by atoms with Crippen molar-refractivity contribution in [1.29, 1.82) is 0 Å². The molecule has 2 rings (SSSR count). The second kappa shape index (κ2) is 8.58. The summed E-state index contributed by atoms with van der Waals surface area (Å²) in [6.07, 6.45) is 1.67. The highest BCUT2D eigenvalue weighted by Gasteiger charge is 2.11. The molecule has 1 aromatic carbocycles. The standard InChI is InChI=1S/C18H22ClNO3S/c1-4-11(3)20-17(21)10-24-9-13-7-18(22)23-16-6-12(5-2)15(19)8-14(13)16/h6-8,11H,4-5,9-10H2,1-3H3,(H,20,21)/t11-/m0/s1. The monoisotopic (exact) mass is 367 g/mol. The quantitative estimate of drug-likeness (QED) is 0.746. The molecule has 0 unspecified atom stereocenters. The van der Waals surface area contributed by atoms with Crippen LogP contribution < -0.4 is 10.9 Å². The molecule has 6 heteroatoms. The molecule has 0 saturated carbocycles. The minimum atomic E-state index is -0.383. The lowest BCUT2D eigenvalue weighted by Crippen LogP contribution is -2.33. The van der Waals surface area contributed by atoms with E-state index in [0.717, 1.165) is 29.4 Å². The van der Waals surface area contributed by atoms with E-state index < -0.39 is 0 Å². The fourth-order valence-electron chi connectivity index (χ4n) is 2.35. The van der Waals surface area contributed by atoms with Crippen molar-refractivity contribution in [2.45, 2.75) is 45.4 Å². The SMILES string of the molecule is CCc1cc2oc(=O)cc(CSCC(=O)N[C@@H](C)CC)c2cc1Cl. The number of nitrogens with one attached hydrogen (secondary N) is 1. The molecule has 4 nitrogen and oxygen atoms in total. The molecular weight excluding hydrogens is 346 g/mol. The van der Waals surface area contributed by atoms with E-state index in [1.807, 2.05) is 32.9 Å². The Bertz CT molecular complexity index is 788. The number of rotatable bonds is 7. The van der Waals surface area contributed by atoms with Gasteiger partial charge in [0.2, 0.25) is 5.91 Å². The fraction of sp³-hybridized carbons (Fsp3) is 0.444. The first-order valence-electron chi connectivity index (χ1n) is 8.06. The zero-order valence-electron chi connectivity index (χ0n) is 14.1. The van der Waals surface area contributed by atoms with Crippen LogP contribution in [-0.2, 0) is 17.0 Å². The van der Waals surface area contributed by atoms with Crippen LogP contribution in [0.4, 0.5) is 0 Å². The average molecular weight is 368 g/mol. The number of hydrogen-bond donors (Lipinski definition) is 1. The minimum Gasteiger partial charge on any atom is -0.423 e. The van der Waals surface area contributed by atoms with Gasteiger partial charge in [-0.1, -0.05) is 25.4 Å². The maximum atomic E-state index is 11.8. The largest absolute Gasteiger partial charge is 0.423 e. The van der Waals surface area contributed by atoms with Crippen molar-refractivity contribution >= 4 is 40.2 Å². The summed E-state index contributed by atoms with van der Waals surface area (Å²) in [6, 6.07) is 5.31. The van der Waals surface area contributed by atoms with Gasteiger partial charge in [-0.25, -0.2) is 4.79 Å². The molecule has 1 amide bonds. The lowest BCUT2D eigenvalue weighted by Gasteiger charge is -2.11. The molecule has 0 saturated heterocycles. The normalized spacial score (nSPS) is 12.3. The van der Waals surface area contributed by atoms with Crippen LogP contribution in [0, 0.1) is 0 Å². The molecule has 1 heterocycles. The first kappa shape index (κ1) is 18.9. The Morgan fingerprint density at radius 1 is 1.29 bits per heavy atom. The van der Waals surface area contributed by atoms with E-state index in [1.165, 1.54) is 17.8 Å². The van der Waals surface area contributed by atoms with Crippen LogP contribution in [0.2, 0.25) is 5.02 Å². The molecule has 0 aliphatic rings. The lowest BCUT2D eigenvalue weighted by molar-refractivity contribution is -0.119. The Morgan fingerprint density at radius 2 is 2.04 bits per heavy atom. The van der Waals surface area contributed by atoms with E-state index in [0.29, 0.717) is 22.1 Å². The van der Waals surface area contributed by atoms with Gasteiger partial charge in [-0.05, 0) is 43.0 Å². The van der Waals surface area contributed by atoms with E-state index in [-0.39, 0.29) is 17.6 Å². The predicted molar refractivity (Wildman–Crippen MR) is 101 cm³/mol. The number of thioether (sulfide) groups is 1. The molecule has 0 fully saturated rings.